The topological polar surface area (TPSA) is 12.4 Å². The van der Waals surface area contributed by atoms with Gasteiger partial charge in [0.25, 0.3) is 0 Å². The lowest BCUT2D eigenvalue weighted by Gasteiger charge is -2.13. The summed E-state index contributed by atoms with van der Waals surface area (Å²) in [5, 5.41) is 0. The monoisotopic (exact) mass is 163 g/mol. The quantitative estimate of drug-likeness (QED) is 0.555. The third kappa shape index (κ3) is 2.65. The molecule has 0 aromatic heterocycles. The van der Waals surface area contributed by atoms with Crippen LogP contribution in [-0.2, 0) is 0 Å². The van der Waals surface area contributed by atoms with E-state index in [1.165, 1.54) is 5.71 Å². The lowest BCUT2D eigenvalue weighted by Crippen LogP contribution is -2.11. The second-order valence-electron chi connectivity index (χ2n) is 3.52. The van der Waals surface area contributed by atoms with Crippen molar-refractivity contribution in [2.24, 2.45) is 10.9 Å². The van der Waals surface area contributed by atoms with Gasteiger partial charge in [0.1, 0.15) is 0 Å². The maximum Gasteiger partial charge on any atom is 0.0442 e. The molecule has 0 N–H and O–H groups in total. The molecule has 0 saturated carbocycles. The molecule has 0 radical (unpaired) electrons. The van der Waals surface area contributed by atoms with Crippen molar-refractivity contribution in [3.05, 3.63) is 24.3 Å². The minimum Gasteiger partial charge on any atom is -0.291 e. The molecule has 0 aromatic rings. The van der Waals surface area contributed by atoms with Crippen molar-refractivity contribution < 1.29 is 0 Å². The molecule has 0 fully saturated rings. The molecule has 0 saturated heterocycles. The molecule has 1 nitrogen and oxygen atoms in total. The highest BCUT2D eigenvalue weighted by molar-refractivity contribution is 5.86. The minimum absolute atomic E-state index is 0.421. The third-order valence-electron chi connectivity index (χ3n) is 1.98. The first-order valence-corrected chi connectivity index (χ1v) is 4.58. The highest BCUT2D eigenvalue weighted by Crippen LogP contribution is 2.13. The normalized spacial score (nSPS) is 23.7. The lowest BCUT2D eigenvalue weighted by atomic mass is 9.96. The van der Waals surface area contributed by atoms with E-state index in [2.05, 4.69) is 50.1 Å². The van der Waals surface area contributed by atoms with Crippen LogP contribution in [-0.4, -0.2) is 11.8 Å². The predicted octanol–water partition coefficient (Wildman–Crippen LogP) is 2.99. The van der Waals surface area contributed by atoms with Gasteiger partial charge in [0.2, 0.25) is 0 Å². The Morgan fingerprint density at radius 1 is 1.42 bits per heavy atom. The van der Waals surface area contributed by atoms with Gasteiger partial charge in [0.05, 0.1) is 0 Å². The molecular weight excluding hydrogens is 146 g/mol. The third-order valence-corrected chi connectivity index (χ3v) is 1.98. The summed E-state index contributed by atoms with van der Waals surface area (Å²) in [6.07, 6.45) is 9.73. The van der Waals surface area contributed by atoms with E-state index in [0.29, 0.717) is 12.0 Å². The second kappa shape index (κ2) is 4.24. The highest BCUT2D eigenvalue weighted by Gasteiger charge is 2.08. The maximum absolute atomic E-state index is 4.53. The number of hydrogen-bond donors (Lipinski definition) is 0. The van der Waals surface area contributed by atoms with Crippen LogP contribution < -0.4 is 0 Å². The fraction of sp³-hybridized carbons (Fsp3) is 0.545. The highest BCUT2D eigenvalue weighted by atomic mass is 14.8. The molecule has 0 aromatic carbocycles. The second-order valence-corrected chi connectivity index (χ2v) is 3.52. The molecule has 0 bridgehead atoms. The van der Waals surface area contributed by atoms with E-state index in [-0.39, 0.29) is 0 Å². The fourth-order valence-corrected chi connectivity index (χ4v) is 1.39. The average molecular weight is 163 g/mol. The van der Waals surface area contributed by atoms with E-state index in [1.807, 2.05) is 0 Å². The molecule has 0 amide bonds. The van der Waals surface area contributed by atoms with E-state index in [1.54, 1.807) is 0 Å². The van der Waals surface area contributed by atoms with Crippen LogP contribution in [0.15, 0.2) is 29.3 Å². The SMILES string of the molecule is CC(=NC(C)C)C1C=CC=CC1. The Bertz CT molecular complexity index is 221. The Morgan fingerprint density at radius 2 is 2.17 bits per heavy atom. The van der Waals surface area contributed by atoms with Crippen molar-refractivity contribution in [2.75, 3.05) is 0 Å². The zero-order chi connectivity index (χ0) is 8.97. The van der Waals surface area contributed by atoms with Gasteiger partial charge < -0.3 is 0 Å². The van der Waals surface area contributed by atoms with E-state index in [0.717, 1.165) is 6.42 Å². The number of rotatable bonds is 2. The summed E-state index contributed by atoms with van der Waals surface area (Å²) in [6.45, 7) is 6.35. The number of aliphatic imine (C=N–C) groups is 1. The van der Waals surface area contributed by atoms with E-state index >= 15 is 0 Å². The van der Waals surface area contributed by atoms with Crippen molar-refractivity contribution in [2.45, 2.75) is 33.2 Å². The van der Waals surface area contributed by atoms with Gasteiger partial charge in [-0.15, -0.1) is 0 Å². The summed E-state index contributed by atoms with van der Waals surface area (Å²) < 4.78 is 0. The Labute approximate surface area is 74.9 Å². The van der Waals surface area contributed by atoms with Crippen LogP contribution >= 0.6 is 0 Å². The average Bonchev–Trinajstić information content (AvgIpc) is 2.05. The molecule has 66 valence electrons. The number of hydrogen-bond acceptors (Lipinski definition) is 1. The summed E-state index contributed by atoms with van der Waals surface area (Å²) in [4.78, 5) is 4.53. The number of allylic oxidation sites excluding steroid dienone is 4. The molecule has 1 unspecified atom stereocenters. The van der Waals surface area contributed by atoms with Crippen LogP contribution in [0.2, 0.25) is 0 Å². The van der Waals surface area contributed by atoms with E-state index < -0.39 is 0 Å². The van der Waals surface area contributed by atoms with Crippen LogP contribution in [0.3, 0.4) is 0 Å². The molecule has 1 rings (SSSR count). The van der Waals surface area contributed by atoms with Gasteiger partial charge in [0, 0.05) is 17.7 Å². The Kier molecular flexibility index (Phi) is 3.27. The molecule has 1 atom stereocenters. The van der Waals surface area contributed by atoms with Crippen molar-refractivity contribution >= 4 is 5.71 Å². The molecule has 12 heavy (non-hydrogen) atoms. The summed E-state index contributed by atoms with van der Waals surface area (Å²) in [7, 11) is 0. The fourth-order valence-electron chi connectivity index (χ4n) is 1.39. The molecule has 0 aliphatic heterocycles. The molecular formula is C11H17N. The van der Waals surface area contributed by atoms with Crippen molar-refractivity contribution in [1.82, 2.24) is 0 Å². The molecule has 1 aliphatic rings. The molecule has 1 aliphatic carbocycles. The summed E-state index contributed by atoms with van der Waals surface area (Å²) in [5.74, 6) is 0.539. The van der Waals surface area contributed by atoms with Crippen LogP contribution in [0.25, 0.3) is 0 Å². The van der Waals surface area contributed by atoms with Crippen molar-refractivity contribution in [3.8, 4) is 0 Å². The van der Waals surface area contributed by atoms with Gasteiger partial charge in [0.15, 0.2) is 0 Å². The molecule has 1 heteroatoms. The predicted molar refractivity (Wildman–Crippen MR) is 54.6 cm³/mol. The first-order valence-electron chi connectivity index (χ1n) is 4.58. The van der Waals surface area contributed by atoms with Crippen molar-refractivity contribution in [1.29, 1.82) is 0 Å². The van der Waals surface area contributed by atoms with Gasteiger partial charge >= 0.3 is 0 Å². The maximum atomic E-state index is 4.53. The minimum atomic E-state index is 0.421. The van der Waals surface area contributed by atoms with Crippen molar-refractivity contribution in [3.63, 3.8) is 0 Å². The van der Waals surface area contributed by atoms with Gasteiger partial charge in [-0.2, -0.15) is 0 Å². The standard InChI is InChI=1S/C11H17N/c1-9(2)12-10(3)11-7-5-4-6-8-11/h4-7,9,11H,8H2,1-3H3. The Hall–Kier alpha value is -0.850. The zero-order valence-corrected chi connectivity index (χ0v) is 8.12. The first kappa shape index (κ1) is 9.24. The first-order chi connectivity index (χ1) is 5.70. The Morgan fingerprint density at radius 3 is 2.67 bits per heavy atom. The van der Waals surface area contributed by atoms with E-state index in [9.17, 15) is 0 Å². The summed E-state index contributed by atoms with van der Waals surface area (Å²) in [6, 6.07) is 0.421. The zero-order valence-electron chi connectivity index (χ0n) is 8.12. The summed E-state index contributed by atoms with van der Waals surface area (Å²) >= 11 is 0. The van der Waals surface area contributed by atoms with Crippen LogP contribution in [0.1, 0.15) is 27.2 Å². The Balaban J connectivity index is 2.58. The van der Waals surface area contributed by atoms with Crippen LogP contribution in [0, 0.1) is 5.92 Å². The van der Waals surface area contributed by atoms with Crippen LogP contribution in [0.4, 0.5) is 0 Å². The van der Waals surface area contributed by atoms with Crippen LogP contribution in [0.5, 0.6) is 0 Å². The van der Waals surface area contributed by atoms with E-state index in [4.69, 9.17) is 0 Å². The van der Waals surface area contributed by atoms with Gasteiger partial charge in [-0.25, -0.2) is 0 Å². The largest absolute Gasteiger partial charge is 0.291 e. The van der Waals surface area contributed by atoms with Gasteiger partial charge in [-0.1, -0.05) is 24.3 Å². The van der Waals surface area contributed by atoms with Gasteiger partial charge in [-0.3, -0.25) is 4.99 Å². The molecule has 0 spiro atoms. The smallest absolute Gasteiger partial charge is 0.0442 e. The lowest BCUT2D eigenvalue weighted by molar-refractivity contribution is 0.792. The summed E-state index contributed by atoms with van der Waals surface area (Å²) in [5.41, 5.74) is 1.26. The number of nitrogens with zero attached hydrogens (tertiary/aromatic N) is 1. The van der Waals surface area contributed by atoms with Gasteiger partial charge in [-0.05, 0) is 27.2 Å². The molecule has 0 heterocycles.